The minimum absolute atomic E-state index is 0.0578. The number of rotatable bonds is 10. The molecule has 5 N–H and O–H groups in total. The molecule has 1 aliphatic heterocycles. The summed E-state index contributed by atoms with van der Waals surface area (Å²) < 4.78 is 56.5. The third kappa shape index (κ3) is 5.56. The number of nitrogen functional groups attached to an aromatic ring is 1. The SMILES string of the molecule is COc1cc(C(=O)NC[C@H](c2cc3c(c(-c4ccc(F)c(Cl)c4F)n2)OC[C@]3(C)C(N)=O)C2(F)CC2)cc(C=NC2CC2)c1N. The lowest BCUT2D eigenvalue weighted by Crippen LogP contribution is -2.40. The van der Waals surface area contributed by atoms with E-state index in [-0.39, 0.29) is 71.6 Å². The lowest BCUT2D eigenvalue weighted by molar-refractivity contribution is -0.123. The molecule has 2 atom stereocenters. The topological polar surface area (TPSA) is 142 Å². The van der Waals surface area contributed by atoms with Gasteiger partial charge in [0.15, 0.2) is 5.82 Å². The normalized spacial score (nSPS) is 20.4. The number of nitrogens with one attached hydrogen (secondary N) is 1. The van der Waals surface area contributed by atoms with Gasteiger partial charge in [-0.2, -0.15) is 0 Å². The summed E-state index contributed by atoms with van der Waals surface area (Å²) in [6.07, 6.45) is 3.98. The monoisotopic (exact) mass is 641 g/mol. The van der Waals surface area contributed by atoms with Crippen LogP contribution in [0.25, 0.3) is 11.3 Å². The van der Waals surface area contributed by atoms with E-state index in [4.69, 9.17) is 32.5 Å². The number of ether oxygens (including phenoxy) is 2. The van der Waals surface area contributed by atoms with E-state index in [1.165, 1.54) is 19.2 Å². The Morgan fingerprint density at radius 1 is 1.27 bits per heavy atom. The molecule has 2 heterocycles. The second-order valence-corrected chi connectivity index (χ2v) is 12.3. The number of carbonyl (C=O) groups is 2. The summed E-state index contributed by atoms with van der Waals surface area (Å²) in [5.41, 5.74) is 10.1. The van der Waals surface area contributed by atoms with Crippen molar-refractivity contribution in [3.05, 3.63) is 69.4 Å². The summed E-state index contributed by atoms with van der Waals surface area (Å²) in [5, 5.41) is 2.04. The Bertz CT molecular complexity index is 1760. The molecule has 2 aliphatic carbocycles. The molecule has 0 bridgehead atoms. The molecule has 2 fully saturated rings. The van der Waals surface area contributed by atoms with Crippen molar-refractivity contribution < 1.29 is 32.2 Å². The minimum atomic E-state index is -1.74. The van der Waals surface area contributed by atoms with Crippen molar-refractivity contribution in [2.45, 2.75) is 55.7 Å². The Morgan fingerprint density at radius 2 is 2.00 bits per heavy atom. The number of nitrogens with zero attached hydrogens (tertiary/aromatic N) is 2. The number of pyridine rings is 1. The maximum atomic E-state index is 16.0. The van der Waals surface area contributed by atoms with E-state index >= 15 is 8.78 Å². The average Bonchev–Trinajstić information content (AvgIpc) is 3.95. The molecule has 9 nitrogen and oxygen atoms in total. The molecule has 2 saturated carbocycles. The van der Waals surface area contributed by atoms with E-state index in [1.807, 2.05) is 0 Å². The number of aromatic nitrogens is 1. The van der Waals surface area contributed by atoms with Gasteiger partial charge < -0.3 is 26.3 Å². The molecular weight excluding hydrogens is 611 g/mol. The fourth-order valence-electron chi connectivity index (χ4n) is 5.46. The van der Waals surface area contributed by atoms with Gasteiger partial charge in [0, 0.05) is 40.7 Å². The Balaban J connectivity index is 1.38. The molecule has 0 unspecified atom stereocenters. The standard InChI is InChI=1S/C32H31ClF3N5O4/c1-31(30(38)43)14-45-28-19(31)11-22(41-27(28)18-5-6-21(34)24(33)25(18)35)20(32(36)7-8-32)13-40-29(42)15-9-16(12-39-17-3-4-17)26(37)23(10-15)44-2/h5-6,9-12,17,20H,3-4,7-8,13-14,37H2,1-2H3,(H2,38,43)(H,40,42)/t20-,31+/m1/s1. The quantitative estimate of drug-likeness (QED) is 0.162. The van der Waals surface area contributed by atoms with Crippen molar-refractivity contribution >= 4 is 35.3 Å². The molecule has 3 aliphatic rings. The molecule has 3 aromatic rings. The first kappa shape index (κ1) is 30.7. The van der Waals surface area contributed by atoms with Crippen LogP contribution in [0.4, 0.5) is 18.9 Å². The molecule has 45 heavy (non-hydrogen) atoms. The highest BCUT2D eigenvalue weighted by atomic mass is 35.5. The predicted octanol–water partition coefficient (Wildman–Crippen LogP) is 5.00. The number of primary amides is 1. The van der Waals surface area contributed by atoms with E-state index in [0.717, 1.165) is 25.0 Å². The van der Waals surface area contributed by atoms with Crippen LogP contribution >= 0.6 is 11.6 Å². The van der Waals surface area contributed by atoms with Crippen LogP contribution in [-0.4, -0.2) is 55.0 Å². The van der Waals surface area contributed by atoms with Crippen LogP contribution < -0.4 is 26.3 Å². The van der Waals surface area contributed by atoms with Gasteiger partial charge >= 0.3 is 0 Å². The molecular formula is C32H31ClF3N5O4. The lowest BCUT2D eigenvalue weighted by Gasteiger charge is -2.24. The highest BCUT2D eigenvalue weighted by Gasteiger charge is 2.53. The van der Waals surface area contributed by atoms with Crippen LogP contribution in [0.15, 0.2) is 35.3 Å². The molecule has 6 rings (SSSR count). The van der Waals surface area contributed by atoms with Gasteiger partial charge in [0.25, 0.3) is 5.91 Å². The number of alkyl halides is 1. The number of halogens is 4. The zero-order valence-electron chi connectivity index (χ0n) is 24.6. The van der Waals surface area contributed by atoms with Crippen LogP contribution in [0, 0.1) is 11.6 Å². The van der Waals surface area contributed by atoms with Crippen LogP contribution in [0.1, 0.15) is 65.7 Å². The van der Waals surface area contributed by atoms with Gasteiger partial charge in [0.05, 0.1) is 24.8 Å². The number of methoxy groups -OCH3 is 1. The van der Waals surface area contributed by atoms with Crippen LogP contribution in [0.5, 0.6) is 11.5 Å². The van der Waals surface area contributed by atoms with Crippen molar-refractivity contribution in [1.82, 2.24) is 10.3 Å². The van der Waals surface area contributed by atoms with Crippen LogP contribution in [-0.2, 0) is 10.2 Å². The van der Waals surface area contributed by atoms with E-state index in [1.54, 1.807) is 19.2 Å². The van der Waals surface area contributed by atoms with Gasteiger partial charge in [0.1, 0.15) is 45.7 Å². The second kappa shape index (κ2) is 11.2. The molecule has 1 aromatic heterocycles. The zero-order chi connectivity index (χ0) is 32.3. The summed E-state index contributed by atoms with van der Waals surface area (Å²) in [4.78, 5) is 35.0. The summed E-state index contributed by atoms with van der Waals surface area (Å²) in [5.74, 6) is -3.97. The Morgan fingerprint density at radius 3 is 2.64 bits per heavy atom. The van der Waals surface area contributed by atoms with Crippen LogP contribution in [0.2, 0.25) is 5.02 Å². The Labute approximate surface area is 262 Å². The number of hydrogen-bond donors (Lipinski definition) is 3. The van der Waals surface area contributed by atoms with E-state index in [0.29, 0.717) is 11.3 Å². The van der Waals surface area contributed by atoms with Gasteiger partial charge in [-0.3, -0.25) is 14.6 Å². The first-order valence-electron chi connectivity index (χ1n) is 14.5. The fourth-order valence-corrected chi connectivity index (χ4v) is 5.62. The molecule has 236 valence electrons. The Hall–Kier alpha value is -4.32. The first-order chi connectivity index (χ1) is 21.4. The lowest BCUT2D eigenvalue weighted by atomic mass is 9.81. The highest BCUT2D eigenvalue weighted by Crippen LogP contribution is 2.53. The van der Waals surface area contributed by atoms with Gasteiger partial charge in [-0.15, -0.1) is 0 Å². The largest absolute Gasteiger partial charge is 0.495 e. The van der Waals surface area contributed by atoms with Gasteiger partial charge in [-0.25, -0.2) is 18.2 Å². The second-order valence-electron chi connectivity index (χ2n) is 12.0. The molecule has 0 spiro atoms. The summed E-state index contributed by atoms with van der Waals surface area (Å²) in [6, 6.07) is 6.93. The third-order valence-corrected chi connectivity index (χ3v) is 9.08. The molecule has 2 amide bonds. The zero-order valence-corrected chi connectivity index (χ0v) is 25.3. The third-order valence-electron chi connectivity index (χ3n) is 8.73. The number of benzene rings is 2. The fraction of sp³-hybridized carbons (Fsp3) is 0.375. The predicted molar refractivity (Wildman–Crippen MR) is 163 cm³/mol. The Kier molecular flexibility index (Phi) is 7.67. The maximum Gasteiger partial charge on any atom is 0.251 e. The first-order valence-corrected chi connectivity index (χ1v) is 14.8. The number of fused-ring (bicyclic) bond motifs is 1. The summed E-state index contributed by atoms with van der Waals surface area (Å²) in [7, 11) is 1.43. The van der Waals surface area contributed by atoms with E-state index < -0.39 is 45.5 Å². The van der Waals surface area contributed by atoms with Crippen LogP contribution in [0.3, 0.4) is 0 Å². The highest BCUT2D eigenvalue weighted by molar-refractivity contribution is 6.31. The number of carbonyl (C=O) groups excluding carboxylic acids is 2. The average molecular weight is 642 g/mol. The van der Waals surface area contributed by atoms with Crippen molar-refractivity contribution in [3.8, 4) is 22.8 Å². The van der Waals surface area contributed by atoms with Crippen molar-refractivity contribution in [3.63, 3.8) is 0 Å². The number of hydrogen-bond acceptors (Lipinski definition) is 7. The van der Waals surface area contributed by atoms with Gasteiger partial charge in [-0.05, 0) is 62.9 Å². The smallest absolute Gasteiger partial charge is 0.251 e. The summed E-state index contributed by atoms with van der Waals surface area (Å²) >= 11 is 5.87. The van der Waals surface area contributed by atoms with Crippen molar-refractivity contribution in [2.24, 2.45) is 10.7 Å². The summed E-state index contributed by atoms with van der Waals surface area (Å²) in [6.45, 7) is 1.19. The van der Waals surface area contributed by atoms with Gasteiger partial charge in [-0.1, -0.05) is 11.6 Å². The number of nitrogens with two attached hydrogens (primary N) is 2. The molecule has 0 radical (unpaired) electrons. The number of anilines is 1. The molecule has 13 heteroatoms. The minimum Gasteiger partial charge on any atom is -0.495 e. The van der Waals surface area contributed by atoms with Crippen molar-refractivity contribution in [1.29, 1.82) is 0 Å². The number of amides is 2. The molecule has 2 aromatic carbocycles. The van der Waals surface area contributed by atoms with E-state index in [9.17, 15) is 14.0 Å². The number of aliphatic imine (C=N–C) groups is 1. The van der Waals surface area contributed by atoms with Gasteiger partial charge in [0.2, 0.25) is 5.91 Å². The molecule has 0 saturated heterocycles. The maximum absolute atomic E-state index is 16.0. The van der Waals surface area contributed by atoms with E-state index in [2.05, 4.69) is 15.3 Å². The van der Waals surface area contributed by atoms with Crippen molar-refractivity contribution in [2.75, 3.05) is 26.0 Å².